The second-order valence-corrected chi connectivity index (χ2v) is 6.13. The summed E-state index contributed by atoms with van der Waals surface area (Å²) in [7, 11) is 0. The SMILES string of the molecule is C1=COC2=C(C1)C1Cc3cccc4c3N(CCC24)C1. The first-order valence-electron chi connectivity index (χ1n) is 7.33. The highest BCUT2D eigenvalue weighted by atomic mass is 16.5. The Bertz CT molecular complexity index is 628. The van der Waals surface area contributed by atoms with E-state index < -0.39 is 0 Å². The Morgan fingerprint density at radius 3 is 3.26 bits per heavy atom. The molecule has 0 saturated heterocycles. The van der Waals surface area contributed by atoms with Crippen LogP contribution in [-0.2, 0) is 11.2 Å². The monoisotopic (exact) mass is 251 g/mol. The van der Waals surface area contributed by atoms with Crippen LogP contribution < -0.4 is 4.90 Å². The summed E-state index contributed by atoms with van der Waals surface area (Å²) >= 11 is 0. The van der Waals surface area contributed by atoms with E-state index in [1.54, 1.807) is 11.1 Å². The van der Waals surface area contributed by atoms with Gasteiger partial charge in [0.05, 0.1) is 6.26 Å². The van der Waals surface area contributed by atoms with Crippen LogP contribution in [0.1, 0.15) is 29.9 Å². The highest BCUT2D eigenvalue weighted by Crippen LogP contribution is 2.51. The summed E-state index contributed by atoms with van der Waals surface area (Å²) < 4.78 is 5.98. The van der Waals surface area contributed by atoms with Gasteiger partial charge in [-0.05, 0) is 42.0 Å². The van der Waals surface area contributed by atoms with Gasteiger partial charge >= 0.3 is 0 Å². The van der Waals surface area contributed by atoms with E-state index in [9.17, 15) is 0 Å². The van der Waals surface area contributed by atoms with Crippen LogP contribution in [-0.4, -0.2) is 13.1 Å². The largest absolute Gasteiger partial charge is 0.469 e. The van der Waals surface area contributed by atoms with Crippen LogP contribution in [0.4, 0.5) is 5.69 Å². The van der Waals surface area contributed by atoms with Gasteiger partial charge in [-0.3, -0.25) is 0 Å². The van der Waals surface area contributed by atoms with Gasteiger partial charge in [-0.15, -0.1) is 0 Å². The number of ether oxygens (including phenoxy) is 1. The van der Waals surface area contributed by atoms with Crippen molar-refractivity contribution >= 4 is 5.69 Å². The molecule has 19 heavy (non-hydrogen) atoms. The molecule has 6 bridgehead atoms. The van der Waals surface area contributed by atoms with E-state index in [1.807, 2.05) is 6.26 Å². The van der Waals surface area contributed by atoms with Crippen molar-refractivity contribution in [3.05, 3.63) is 53.0 Å². The summed E-state index contributed by atoms with van der Waals surface area (Å²) in [6.45, 7) is 2.38. The van der Waals surface area contributed by atoms with Crippen molar-refractivity contribution < 1.29 is 4.74 Å². The third-order valence-electron chi connectivity index (χ3n) is 5.19. The van der Waals surface area contributed by atoms with Crippen LogP contribution in [0.25, 0.3) is 0 Å². The van der Waals surface area contributed by atoms with Gasteiger partial charge in [0.1, 0.15) is 5.76 Å². The van der Waals surface area contributed by atoms with Crippen LogP contribution in [0.2, 0.25) is 0 Å². The average Bonchev–Trinajstić information content (AvgIpc) is 2.46. The topological polar surface area (TPSA) is 12.5 Å². The summed E-state index contributed by atoms with van der Waals surface area (Å²) in [6.07, 6.45) is 7.56. The molecule has 4 aliphatic heterocycles. The molecule has 0 amide bonds. The predicted octanol–water partition coefficient (Wildman–Crippen LogP) is 3.35. The van der Waals surface area contributed by atoms with Gasteiger partial charge < -0.3 is 9.64 Å². The van der Waals surface area contributed by atoms with Crippen LogP contribution in [0.3, 0.4) is 0 Å². The van der Waals surface area contributed by atoms with Crippen molar-refractivity contribution in [2.75, 3.05) is 18.0 Å². The maximum absolute atomic E-state index is 5.98. The molecule has 2 heteroatoms. The van der Waals surface area contributed by atoms with Gasteiger partial charge in [-0.25, -0.2) is 0 Å². The molecule has 1 aliphatic carbocycles. The Morgan fingerprint density at radius 2 is 2.26 bits per heavy atom. The zero-order valence-electron chi connectivity index (χ0n) is 10.9. The molecule has 2 atom stereocenters. The van der Waals surface area contributed by atoms with Gasteiger partial charge in [0.15, 0.2) is 0 Å². The molecule has 0 N–H and O–H groups in total. The maximum atomic E-state index is 5.98. The molecule has 0 fully saturated rings. The van der Waals surface area contributed by atoms with Gasteiger partial charge in [0.2, 0.25) is 0 Å². The Balaban J connectivity index is 1.82. The molecule has 0 saturated carbocycles. The standard InChI is InChI=1S/C17H17NO/c1-3-11-9-12-10-18-7-6-15(14(4-1)16(11)18)17-13(12)5-2-8-19-17/h1-4,8,12,15H,5-7,9-10H2. The number of benzene rings is 1. The normalized spacial score (nSPS) is 30.0. The highest BCUT2D eigenvalue weighted by molar-refractivity contribution is 5.67. The molecule has 1 aromatic rings. The molecule has 2 unspecified atom stereocenters. The second-order valence-electron chi connectivity index (χ2n) is 6.13. The third-order valence-corrected chi connectivity index (χ3v) is 5.19. The Hall–Kier alpha value is -1.70. The first-order chi connectivity index (χ1) is 9.42. The number of anilines is 1. The van der Waals surface area contributed by atoms with Crippen LogP contribution >= 0.6 is 0 Å². The lowest BCUT2D eigenvalue weighted by molar-refractivity contribution is 0.274. The Kier molecular flexibility index (Phi) is 1.83. The maximum Gasteiger partial charge on any atom is 0.111 e. The summed E-state index contributed by atoms with van der Waals surface area (Å²) in [6, 6.07) is 6.87. The van der Waals surface area contributed by atoms with Crippen molar-refractivity contribution in [2.24, 2.45) is 5.92 Å². The molecule has 6 rings (SSSR count). The fourth-order valence-corrected chi connectivity index (χ4v) is 4.43. The second kappa shape index (κ2) is 3.44. The van der Waals surface area contributed by atoms with Gasteiger partial charge in [0.25, 0.3) is 0 Å². The molecule has 5 aliphatic rings. The van der Waals surface area contributed by atoms with Crippen LogP contribution in [0.15, 0.2) is 41.9 Å². The fourth-order valence-electron chi connectivity index (χ4n) is 4.43. The molecular weight excluding hydrogens is 234 g/mol. The number of para-hydroxylation sites is 1. The average molecular weight is 251 g/mol. The zero-order chi connectivity index (χ0) is 12.4. The van der Waals surface area contributed by atoms with Crippen molar-refractivity contribution in [1.82, 2.24) is 0 Å². The highest BCUT2D eigenvalue weighted by Gasteiger charge is 2.41. The lowest BCUT2D eigenvalue weighted by atomic mass is 9.73. The lowest BCUT2D eigenvalue weighted by Crippen LogP contribution is -2.44. The van der Waals surface area contributed by atoms with E-state index in [0.29, 0.717) is 11.8 Å². The summed E-state index contributed by atoms with van der Waals surface area (Å²) in [5.74, 6) is 2.44. The van der Waals surface area contributed by atoms with Gasteiger partial charge in [0, 0.05) is 30.6 Å². The van der Waals surface area contributed by atoms with E-state index >= 15 is 0 Å². The van der Waals surface area contributed by atoms with Gasteiger partial charge in [-0.2, -0.15) is 0 Å². The van der Waals surface area contributed by atoms with Crippen LogP contribution in [0.5, 0.6) is 0 Å². The van der Waals surface area contributed by atoms with Crippen molar-refractivity contribution in [3.8, 4) is 0 Å². The number of hydrogen-bond donors (Lipinski definition) is 0. The molecule has 2 nitrogen and oxygen atoms in total. The van der Waals surface area contributed by atoms with Crippen molar-refractivity contribution in [1.29, 1.82) is 0 Å². The van der Waals surface area contributed by atoms with E-state index in [1.165, 1.54) is 42.9 Å². The summed E-state index contributed by atoms with van der Waals surface area (Å²) in [4.78, 5) is 2.62. The zero-order valence-corrected chi connectivity index (χ0v) is 10.9. The predicted molar refractivity (Wildman–Crippen MR) is 75.1 cm³/mol. The number of hydrogen-bond acceptors (Lipinski definition) is 2. The molecule has 0 radical (unpaired) electrons. The van der Waals surface area contributed by atoms with E-state index in [2.05, 4.69) is 29.2 Å². The van der Waals surface area contributed by atoms with Gasteiger partial charge in [-0.1, -0.05) is 18.2 Å². The van der Waals surface area contributed by atoms with E-state index in [-0.39, 0.29) is 0 Å². The molecule has 0 aromatic heterocycles. The first-order valence-corrected chi connectivity index (χ1v) is 7.33. The number of nitrogens with zero attached hydrogens (tertiary/aromatic N) is 1. The molecule has 96 valence electrons. The third kappa shape index (κ3) is 1.22. The minimum Gasteiger partial charge on any atom is -0.469 e. The van der Waals surface area contributed by atoms with Crippen molar-refractivity contribution in [3.63, 3.8) is 0 Å². The fraction of sp³-hybridized carbons (Fsp3) is 0.412. The van der Waals surface area contributed by atoms with Crippen LogP contribution in [0, 0.1) is 5.92 Å². The molecule has 0 spiro atoms. The minimum atomic E-state index is 0.495. The van der Waals surface area contributed by atoms with E-state index in [0.717, 1.165) is 6.42 Å². The number of allylic oxidation sites excluding steroid dienone is 2. The van der Waals surface area contributed by atoms with Crippen molar-refractivity contribution in [2.45, 2.75) is 25.2 Å². The Morgan fingerprint density at radius 1 is 1.26 bits per heavy atom. The summed E-state index contributed by atoms with van der Waals surface area (Å²) in [5.41, 5.74) is 6.15. The minimum absolute atomic E-state index is 0.495. The van der Waals surface area contributed by atoms with E-state index in [4.69, 9.17) is 4.74 Å². The molecule has 1 aromatic carbocycles. The molecular formula is C17H17NO. The summed E-state index contributed by atoms with van der Waals surface area (Å²) in [5, 5.41) is 0. The Labute approximate surface area is 113 Å². The molecule has 4 heterocycles. The lowest BCUT2D eigenvalue weighted by Gasteiger charge is -2.47. The smallest absolute Gasteiger partial charge is 0.111 e. The number of rotatable bonds is 0. The quantitative estimate of drug-likeness (QED) is 0.701. The first kappa shape index (κ1) is 10.1.